The van der Waals surface area contributed by atoms with Crippen LogP contribution in [0.15, 0.2) is 41.3 Å². The molecule has 22 heavy (non-hydrogen) atoms. The van der Waals surface area contributed by atoms with Gasteiger partial charge in [0.1, 0.15) is 5.82 Å². The summed E-state index contributed by atoms with van der Waals surface area (Å²) in [5.41, 5.74) is -0.403. The van der Waals surface area contributed by atoms with Crippen LogP contribution in [0.2, 0.25) is 0 Å². The molecule has 0 bridgehead atoms. The predicted octanol–water partition coefficient (Wildman–Crippen LogP) is 2.55. The van der Waals surface area contributed by atoms with Crippen molar-refractivity contribution in [2.24, 2.45) is 0 Å². The van der Waals surface area contributed by atoms with Gasteiger partial charge in [0.2, 0.25) is 0 Å². The number of halogens is 1. The van der Waals surface area contributed by atoms with Crippen molar-refractivity contribution in [3.05, 3.63) is 57.9 Å². The topological polar surface area (TPSA) is 110 Å². The number of phenolic OH excluding ortho intramolecular Hbond substituents is 1. The Morgan fingerprint density at radius 2 is 1.91 bits per heavy atom. The maximum Gasteiger partial charge on any atom is 0.312 e. The number of rotatable bonds is 4. The summed E-state index contributed by atoms with van der Waals surface area (Å²) < 4.78 is 39.8. The number of aromatic hydroxyl groups is 1. The number of phenols is 1. The molecular weight excluding hydrogens is 315 g/mol. The first-order chi connectivity index (χ1) is 10.2. The molecule has 0 atom stereocenters. The number of hydrogen-bond donors (Lipinski definition) is 2. The zero-order chi connectivity index (χ0) is 16.5. The molecule has 2 N–H and O–H groups in total. The molecule has 0 saturated carbocycles. The largest absolute Gasteiger partial charge is 0.502 e. The van der Waals surface area contributed by atoms with E-state index in [1.807, 2.05) is 0 Å². The van der Waals surface area contributed by atoms with Gasteiger partial charge in [-0.25, -0.2) is 12.8 Å². The third-order valence-corrected chi connectivity index (χ3v) is 4.26. The third kappa shape index (κ3) is 3.14. The molecule has 9 heteroatoms. The monoisotopic (exact) mass is 326 g/mol. The first kappa shape index (κ1) is 15.7. The summed E-state index contributed by atoms with van der Waals surface area (Å²) in [4.78, 5) is 9.40. The van der Waals surface area contributed by atoms with E-state index in [2.05, 4.69) is 4.72 Å². The molecule has 2 aromatic carbocycles. The smallest absolute Gasteiger partial charge is 0.312 e. The van der Waals surface area contributed by atoms with Crippen LogP contribution in [-0.4, -0.2) is 18.4 Å². The quantitative estimate of drug-likeness (QED) is 0.663. The van der Waals surface area contributed by atoms with E-state index >= 15 is 0 Å². The second-order valence-electron chi connectivity index (χ2n) is 4.48. The zero-order valence-corrected chi connectivity index (χ0v) is 12.1. The van der Waals surface area contributed by atoms with E-state index in [9.17, 15) is 28.0 Å². The van der Waals surface area contributed by atoms with Crippen molar-refractivity contribution in [3.63, 3.8) is 0 Å². The van der Waals surface area contributed by atoms with E-state index < -0.39 is 37.1 Å². The van der Waals surface area contributed by atoms with Crippen LogP contribution in [-0.2, 0) is 10.0 Å². The van der Waals surface area contributed by atoms with Gasteiger partial charge in [-0.15, -0.1) is 0 Å². The molecule has 0 spiro atoms. The van der Waals surface area contributed by atoms with Gasteiger partial charge in [-0.3, -0.25) is 14.8 Å². The number of anilines is 1. The van der Waals surface area contributed by atoms with E-state index in [1.54, 1.807) is 0 Å². The van der Waals surface area contributed by atoms with Gasteiger partial charge in [0.25, 0.3) is 10.0 Å². The average Bonchev–Trinajstić information content (AvgIpc) is 2.42. The number of sulfonamides is 1. The Balaban J connectivity index is 2.40. The molecule has 0 aromatic heterocycles. The van der Waals surface area contributed by atoms with E-state index in [-0.39, 0.29) is 5.69 Å². The number of hydrogen-bond acceptors (Lipinski definition) is 5. The third-order valence-electron chi connectivity index (χ3n) is 2.88. The maximum absolute atomic E-state index is 13.4. The lowest BCUT2D eigenvalue weighted by Crippen LogP contribution is -2.13. The highest BCUT2D eigenvalue weighted by molar-refractivity contribution is 7.92. The fourth-order valence-electron chi connectivity index (χ4n) is 1.69. The van der Waals surface area contributed by atoms with Gasteiger partial charge in [0.05, 0.1) is 15.5 Å². The second kappa shape index (κ2) is 5.60. The number of benzene rings is 2. The lowest BCUT2D eigenvalue weighted by Gasteiger charge is -2.09. The first-order valence-electron chi connectivity index (χ1n) is 5.97. The highest BCUT2D eigenvalue weighted by atomic mass is 32.2. The predicted molar refractivity (Wildman–Crippen MR) is 76.7 cm³/mol. The Morgan fingerprint density at radius 1 is 1.23 bits per heavy atom. The molecule has 0 amide bonds. The fourth-order valence-corrected chi connectivity index (χ4v) is 2.76. The summed E-state index contributed by atoms with van der Waals surface area (Å²) in [6.45, 7) is 1.52. The molecule has 0 radical (unpaired) electrons. The van der Waals surface area contributed by atoms with Crippen molar-refractivity contribution in [2.45, 2.75) is 11.8 Å². The SMILES string of the molecule is Cc1ccc(NS(=O)(=O)c2ccc(O)c([N+](=O)[O-])c2)cc1F. The van der Waals surface area contributed by atoms with Crippen LogP contribution >= 0.6 is 0 Å². The van der Waals surface area contributed by atoms with Crippen LogP contribution in [0.25, 0.3) is 0 Å². The number of aryl methyl sites for hydroxylation is 1. The van der Waals surface area contributed by atoms with Gasteiger partial charge in [-0.2, -0.15) is 0 Å². The lowest BCUT2D eigenvalue weighted by molar-refractivity contribution is -0.386. The van der Waals surface area contributed by atoms with Crippen LogP contribution in [0, 0.1) is 22.9 Å². The molecule has 0 aliphatic carbocycles. The van der Waals surface area contributed by atoms with E-state index in [0.29, 0.717) is 5.56 Å². The number of nitrogens with one attached hydrogen (secondary N) is 1. The van der Waals surface area contributed by atoms with Crippen molar-refractivity contribution >= 4 is 21.4 Å². The van der Waals surface area contributed by atoms with Gasteiger partial charge in [-0.05, 0) is 36.8 Å². The van der Waals surface area contributed by atoms with E-state index in [1.165, 1.54) is 19.1 Å². The normalized spacial score (nSPS) is 11.2. The van der Waals surface area contributed by atoms with Crippen LogP contribution in [0.4, 0.5) is 15.8 Å². The van der Waals surface area contributed by atoms with Crippen molar-refractivity contribution in [1.82, 2.24) is 0 Å². The summed E-state index contributed by atoms with van der Waals surface area (Å²) >= 11 is 0. The highest BCUT2D eigenvalue weighted by Crippen LogP contribution is 2.29. The Labute approximate surface area is 125 Å². The summed E-state index contributed by atoms with van der Waals surface area (Å²) in [5.74, 6) is -1.23. The summed E-state index contributed by atoms with van der Waals surface area (Å²) in [7, 11) is -4.15. The number of nitrogens with zero attached hydrogens (tertiary/aromatic N) is 1. The molecule has 0 saturated heterocycles. The molecule has 0 aliphatic heterocycles. The van der Waals surface area contributed by atoms with E-state index in [0.717, 1.165) is 24.3 Å². The average molecular weight is 326 g/mol. The van der Waals surface area contributed by atoms with Crippen LogP contribution in [0.1, 0.15) is 5.56 Å². The minimum atomic E-state index is -4.15. The number of nitro groups is 1. The summed E-state index contributed by atoms with van der Waals surface area (Å²) in [5, 5.41) is 20.0. The Bertz CT molecular complexity index is 852. The van der Waals surface area contributed by atoms with Crippen LogP contribution in [0.5, 0.6) is 5.75 Å². The highest BCUT2D eigenvalue weighted by Gasteiger charge is 2.21. The van der Waals surface area contributed by atoms with Crippen molar-refractivity contribution in [2.75, 3.05) is 4.72 Å². The molecule has 0 unspecified atom stereocenters. The zero-order valence-electron chi connectivity index (χ0n) is 11.3. The van der Waals surface area contributed by atoms with Crippen LogP contribution < -0.4 is 4.72 Å². The van der Waals surface area contributed by atoms with Gasteiger partial charge in [0, 0.05) is 6.07 Å². The van der Waals surface area contributed by atoms with Gasteiger partial charge >= 0.3 is 5.69 Å². The Morgan fingerprint density at radius 3 is 2.50 bits per heavy atom. The molecule has 7 nitrogen and oxygen atoms in total. The second-order valence-corrected chi connectivity index (χ2v) is 6.16. The van der Waals surface area contributed by atoms with Crippen molar-refractivity contribution in [3.8, 4) is 5.75 Å². The van der Waals surface area contributed by atoms with Gasteiger partial charge < -0.3 is 5.11 Å². The van der Waals surface area contributed by atoms with Crippen molar-refractivity contribution in [1.29, 1.82) is 0 Å². The van der Waals surface area contributed by atoms with Gasteiger partial charge in [0.15, 0.2) is 5.75 Å². The van der Waals surface area contributed by atoms with Crippen LogP contribution in [0.3, 0.4) is 0 Å². The Hall–Kier alpha value is -2.68. The fraction of sp³-hybridized carbons (Fsp3) is 0.0769. The molecule has 0 fully saturated rings. The standard InChI is InChI=1S/C13H11FN2O5S/c1-8-2-3-9(6-11(8)14)15-22(20,21)10-4-5-13(17)12(7-10)16(18)19/h2-7,15,17H,1H3. The molecule has 2 aromatic rings. The molecule has 0 heterocycles. The molecule has 0 aliphatic rings. The van der Waals surface area contributed by atoms with Crippen molar-refractivity contribution < 1.29 is 22.8 Å². The Kier molecular flexibility index (Phi) is 4.00. The lowest BCUT2D eigenvalue weighted by atomic mass is 10.2. The summed E-state index contributed by atoms with van der Waals surface area (Å²) in [6, 6.07) is 6.40. The summed E-state index contributed by atoms with van der Waals surface area (Å²) in [6.07, 6.45) is 0. The van der Waals surface area contributed by atoms with Gasteiger partial charge in [-0.1, -0.05) is 6.07 Å². The minimum absolute atomic E-state index is 0.0150. The molecular formula is C13H11FN2O5S. The molecule has 116 valence electrons. The first-order valence-corrected chi connectivity index (χ1v) is 7.45. The molecule has 2 rings (SSSR count). The minimum Gasteiger partial charge on any atom is -0.502 e. The maximum atomic E-state index is 13.4. The van der Waals surface area contributed by atoms with E-state index in [4.69, 9.17) is 0 Å². The number of nitro benzene ring substituents is 1.